The van der Waals surface area contributed by atoms with Crippen LogP contribution >= 0.6 is 0 Å². The van der Waals surface area contributed by atoms with Gasteiger partial charge in [0.15, 0.2) is 0 Å². The molecule has 1 amide bonds. The van der Waals surface area contributed by atoms with E-state index in [2.05, 4.69) is 38.0 Å². The third kappa shape index (κ3) is 7.57. The van der Waals surface area contributed by atoms with E-state index < -0.39 is 5.54 Å². The lowest BCUT2D eigenvalue weighted by Crippen LogP contribution is -2.42. The van der Waals surface area contributed by atoms with Crippen molar-refractivity contribution in [2.45, 2.75) is 66.8 Å². The van der Waals surface area contributed by atoms with Gasteiger partial charge in [-0.1, -0.05) is 33.8 Å². The quantitative estimate of drug-likeness (QED) is 0.485. The maximum atomic E-state index is 13.5. The summed E-state index contributed by atoms with van der Waals surface area (Å²) in [5.74, 6) is 1.94. The summed E-state index contributed by atoms with van der Waals surface area (Å²) in [5, 5.41) is 3.13. The molecular weight excluding hydrogens is 388 g/mol. The van der Waals surface area contributed by atoms with E-state index in [-0.39, 0.29) is 5.91 Å². The van der Waals surface area contributed by atoms with Gasteiger partial charge in [-0.15, -0.1) is 0 Å². The first-order chi connectivity index (χ1) is 14.6. The van der Waals surface area contributed by atoms with Gasteiger partial charge in [0.25, 0.3) is 5.91 Å². The molecule has 0 saturated carbocycles. The Kier molecular flexibility index (Phi) is 8.90. The first-order valence-electron chi connectivity index (χ1n) is 11.2. The van der Waals surface area contributed by atoms with Crippen LogP contribution in [0.3, 0.4) is 0 Å². The second-order valence-corrected chi connectivity index (χ2v) is 9.49. The predicted octanol–water partition coefficient (Wildman–Crippen LogP) is 5.90. The number of carbonyl (C=O) groups excluding carboxylic acids is 1. The summed E-state index contributed by atoms with van der Waals surface area (Å²) in [6, 6.07) is 9.53. The summed E-state index contributed by atoms with van der Waals surface area (Å²) in [6.45, 7) is 15.6. The van der Waals surface area contributed by atoms with Crippen LogP contribution in [0.5, 0.6) is 11.5 Å². The Morgan fingerprint density at radius 2 is 1.55 bits per heavy atom. The average molecular weight is 427 g/mol. The average Bonchev–Trinajstić information content (AvgIpc) is 2.67. The number of hydrogen-bond acceptors (Lipinski definition) is 4. The molecule has 5 nitrogen and oxygen atoms in total. The van der Waals surface area contributed by atoms with Crippen molar-refractivity contribution >= 4 is 5.91 Å². The maximum absolute atomic E-state index is 13.5. The molecule has 31 heavy (non-hydrogen) atoms. The fraction of sp³-hybridized carbons (Fsp3) is 0.538. The zero-order chi connectivity index (χ0) is 23.0. The number of nitrogens with zero attached hydrogens (tertiary/aromatic N) is 1. The molecule has 0 spiro atoms. The van der Waals surface area contributed by atoms with Gasteiger partial charge in [0.2, 0.25) is 0 Å². The number of pyridine rings is 1. The summed E-state index contributed by atoms with van der Waals surface area (Å²) in [7, 11) is 0. The molecule has 1 N–H and O–H groups in total. The van der Waals surface area contributed by atoms with Gasteiger partial charge in [-0.05, 0) is 75.3 Å². The SMILES string of the molecule is Cc1cc(OCCC(C)C)c(C(=O)NC(C)(C)c2ccccn2)c(OCCC(C)C)c1. The molecule has 0 bridgehead atoms. The summed E-state index contributed by atoms with van der Waals surface area (Å²) in [4.78, 5) is 17.9. The lowest BCUT2D eigenvalue weighted by Gasteiger charge is -2.27. The highest BCUT2D eigenvalue weighted by molar-refractivity contribution is 6.00. The third-order valence-corrected chi connectivity index (χ3v) is 5.07. The molecule has 2 rings (SSSR count). The van der Waals surface area contributed by atoms with Crippen molar-refractivity contribution in [3.63, 3.8) is 0 Å². The van der Waals surface area contributed by atoms with Crippen molar-refractivity contribution in [2.24, 2.45) is 11.8 Å². The standard InChI is InChI=1S/C26H38N2O3/c1-18(2)11-14-30-21-16-20(5)17-22(31-15-12-19(3)4)24(21)25(29)28-26(6,7)23-10-8-9-13-27-23/h8-10,13,16-19H,11-12,14-15H2,1-7H3,(H,28,29). The maximum Gasteiger partial charge on any atom is 0.259 e. The third-order valence-electron chi connectivity index (χ3n) is 5.07. The van der Waals surface area contributed by atoms with Gasteiger partial charge in [0, 0.05) is 6.20 Å². The van der Waals surface area contributed by atoms with Gasteiger partial charge in [-0.2, -0.15) is 0 Å². The molecular formula is C26H38N2O3. The molecule has 0 radical (unpaired) electrons. The van der Waals surface area contributed by atoms with Gasteiger partial charge in [-0.25, -0.2) is 0 Å². The van der Waals surface area contributed by atoms with Crippen LogP contribution in [0.4, 0.5) is 0 Å². The highest BCUT2D eigenvalue weighted by Gasteiger charge is 2.28. The van der Waals surface area contributed by atoms with E-state index in [1.807, 2.05) is 51.1 Å². The van der Waals surface area contributed by atoms with E-state index in [1.165, 1.54) is 0 Å². The number of aryl methyl sites for hydroxylation is 1. The molecule has 0 aliphatic rings. The minimum Gasteiger partial charge on any atom is -0.493 e. The van der Waals surface area contributed by atoms with Crippen LogP contribution in [0.25, 0.3) is 0 Å². The Bertz CT molecular complexity index is 810. The number of aromatic nitrogens is 1. The fourth-order valence-electron chi connectivity index (χ4n) is 3.12. The van der Waals surface area contributed by atoms with Crippen molar-refractivity contribution in [1.29, 1.82) is 0 Å². The van der Waals surface area contributed by atoms with E-state index in [4.69, 9.17) is 9.47 Å². The number of ether oxygens (including phenoxy) is 2. The minimum absolute atomic E-state index is 0.227. The number of rotatable bonds is 11. The molecule has 0 fully saturated rings. The summed E-state index contributed by atoms with van der Waals surface area (Å²) in [5.41, 5.74) is 1.59. The van der Waals surface area contributed by atoms with E-state index in [0.29, 0.717) is 42.1 Å². The Balaban J connectivity index is 2.36. The van der Waals surface area contributed by atoms with Crippen LogP contribution in [0.1, 0.15) is 76.0 Å². The Morgan fingerprint density at radius 3 is 2.00 bits per heavy atom. The monoisotopic (exact) mass is 426 g/mol. The fourth-order valence-corrected chi connectivity index (χ4v) is 3.12. The van der Waals surface area contributed by atoms with Gasteiger partial charge in [0.1, 0.15) is 17.1 Å². The zero-order valence-corrected chi connectivity index (χ0v) is 20.1. The van der Waals surface area contributed by atoms with Crippen molar-refractivity contribution in [3.05, 3.63) is 53.3 Å². The second-order valence-electron chi connectivity index (χ2n) is 9.49. The highest BCUT2D eigenvalue weighted by Crippen LogP contribution is 2.32. The normalized spacial score (nSPS) is 11.6. The first-order valence-corrected chi connectivity index (χ1v) is 11.2. The molecule has 170 valence electrons. The Hall–Kier alpha value is -2.56. The summed E-state index contributed by atoms with van der Waals surface area (Å²) in [6.07, 6.45) is 3.56. The number of carbonyl (C=O) groups is 1. The molecule has 1 aromatic heterocycles. The van der Waals surface area contributed by atoms with Crippen molar-refractivity contribution < 1.29 is 14.3 Å². The van der Waals surface area contributed by atoms with Crippen LogP contribution in [-0.4, -0.2) is 24.1 Å². The van der Waals surface area contributed by atoms with Gasteiger partial charge < -0.3 is 14.8 Å². The lowest BCUT2D eigenvalue weighted by atomic mass is 9.98. The van der Waals surface area contributed by atoms with Crippen LogP contribution in [-0.2, 0) is 5.54 Å². The Labute approximate surface area is 187 Å². The van der Waals surface area contributed by atoms with Gasteiger partial charge in [0.05, 0.1) is 24.4 Å². The van der Waals surface area contributed by atoms with Crippen molar-refractivity contribution in [3.8, 4) is 11.5 Å². The van der Waals surface area contributed by atoms with Crippen LogP contribution < -0.4 is 14.8 Å². The smallest absolute Gasteiger partial charge is 0.259 e. The zero-order valence-electron chi connectivity index (χ0n) is 20.1. The molecule has 1 aromatic carbocycles. The minimum atomic E-state index is -0.645. The van der Waals surface area contributed by atoms with E-state index >= 15 is 0 Å². The molecule has 5 heteroatoms. The lowest BCUT2D eigenvalue weighted by molar-refractivity contribution is 0.0901. The predicted molar refractivity (Wildman–Crippen MR) is 126 cm³/mol. The van der Waals surface area contributed by atoms with E-state index in [0.717, 1.165) is 24.1 Å². The largest absolute Gasteiger partial charge is 0.493 e. The number of amides is 1. The van der Waals surface area contributed by atoms with E-state index in [1.54, 1.807) is 6.20 Å². The summed E-state index contributed by atoms with van der Waals surface area (Å²) >= 11 is 0. The number of hydrogen-bond donors (Lipinski definition) is 1. The molecule has 0 saturated heterocycles. The number of benzene rings is 1. The molecule has 0 atom stereocenters. The van der Waals surface area contributed by atoms with Gasteiger partial charge >= 0.3 is 0 Å². The van der Waals surface area contributed by atoms with Crippen LogP contribution in [0.2, 0.25) is 0 Å². The molecule has 0 aliphatic carbocycles. The molecule has 0 aliphatic heterocycles. The molecule has 0 unspecified atom stereocenters. The second kappa shape index (κ2) is 11.2. The van der Waals surface area contributed by atoms with E-state index in [9.17, 15) is 4.79 Å². The van der Waals surface area contributed by atoms with Crippen LogP contribution in [0, 0.1) is 18.8 Å². The summed E-state index contributed by atoms with van der Waals surface area (Å²) < 4.78 is 12.2. The highest BCUT2D eigenvalue weighted by atomic mass is 16.5. The van der Waals surface area contributed by atoms with Crippen molar-refractivity contribution in [2.75, 3.05) is 13.2 Å². The van der Waals surface area contributed by atoms with Gasteiger partial charge in [-0.3, -0.25) is 9.78 Å². The number of nitrogens with one attached hydrogen (secondary N) is 1. The first kappa shape index (κ1) is 24.7. The van der Waals surface area contributed by atoms with Crippen LogP contribution in [0.15, 0.2) is 36.5 Å². The van der Waals surface area contributed by atoms with Crippen molar-refractivity contribution in [1.82, 2.24) is 10.3 Å². The topological polar surface area (TPSA) is 60.5 Å². The molecule has 2 aromatic rings. The molecule has 1 heterocycles. The Morgan fingerprint density at radius 1 is 1.00 bits per heavy atom.